The van der Waals surface area contributed by atoms with E-state index in [1.807, 2.05) is 25.8 Å². The van der Waals surface area contributed by atoms with Gasteiger partial charge in [0.25, 0.3) is 0 Å². The molecule has 1 rings (SSSR count). The van der Waals surface area contributed by atoms with Gasteiger partial charge in [-0.25, -0.2) is 4.31 Å². The lowest BCUT2D eigenvalue weighted by atomic mass is 10.1. The predicted octanol–water partition coefficient (Wildman–Crippen LogP) is 2.10. The SMILES string of the molecule is CC.CSN1CCCCC1CN. The molecule has 74 valence electrons. The van der Waals surface area contributed by atoms with E-state index in [0.717, 1.165) is 6.54 Å². The molecule has 1 unspecified atom stereocenters. The lowest BCUT2D eigenvalue weighted by Crippen LogP contribution is -2.39. The Kier molecular flexibility index (Phi) is 8.07. The van der Waals surface area contributed by atoms with E-state index in [0.29, 0.717) is 6.04 Å². The minimum atomic E-state index is 0.642. The van der Waals surface area contributed by atoms with Crippen LogP contribution in [0.5, 0.6) is 0 Å². The molecule has 1 aliphatic heterocycles. The van der Waals surface area contributed by atoms with Crippen LogP contribution in [0.4, 0.5) is 0 Å². The van der Waals surface area contributed by atoms with Crippen molar-refractivity contribution >= 4 is 11.9 Å². The van der Waals surface area contributed by atoms with Gasteiger partial charge in [0, 0.05) is 19.1 Å². The molecular weight excluding hydrogens is 168 g/mol. The van der Waals surface area contributed by atoms with Crippen molar-refractivity contribution in [2.75, 3.05) is 19.3 Å². The summed E-state index contributed by atoms with van der Waals surface area (Å²) in [5.41, 5.74) is 5.61. The highest BCUT2D eigenvalue weighted by Crippen LogP contribution is 2.21. The van der Waals surface area contributed by atoms with E-state index in [-0.39, 0.29) is 0 Å². The zero-order chi connectivity index (χ0) is 9.40. The second-order valence-electron chi connectivity index (χ2n) is 2.71. The number of piperidine rings is 1. The zero-order valence-corrected chi connectivity index (χ0v) is 9.36. The summed E-state index contributed by atoms with van der Waals surface area (Å²) in [7, 11) is 0. The summed E-state index contributed by atoms with van der Waals surface area (Å²) in [6.07, 6.45) is 6.13. The minimum Gasteiger partial charge on any atom is -0.329 e. The average molecular weight is 190 g/mol. The first-order valence-corrected chi connectivity index (χ1v) is 6.07. The van der Waals surface area contributed by atoms with Crippen LogP contribution in [-0.2, 0) is 0 Å². The number of nitrogens with two attached hydrogens (primary N) is 1. The Balaban J connectivity index is 0.000000561. The smallest absolute Gasteiger partial charge is 0.0325 e. The van der Waals surface area contributed by atoms with E-state index in [4.69, 9.17) is 5.73 Å². The van der Waals surface area contributed by atoms with Gasteiger partial charge in [-0.2, -0.15) is 0 Å². The molecule has 1 heterocycles. The molecule has 0 aromatic heterocycles. The van der Waals surface area contributed by atoms with Crippen molar-refractivity contribution in [3.8, 4) is 0 Å². The largest absolute Gasteiger partial charge is 0.329 e. The van der Waals surface area contributed by atoms with Crippen molar-refractivity contribution in [2.45, 2.75) is 39.2 Å². The third-order valence-corrected chi connectivity index (χ3v) is 3.03. The number of nitrogens with zero attached hydrogens (tertiary/aromatic N) is 1. The molecule has 0 radical (unpaired) electrons. The van der Waals surface area contributed by atoms with Gasteiger partial charge in [-0.1, -0.05) is 32.2 Å². The molecule has 0 spiro atoms. The van der Waals surface area contributed by atoms with Gasteiger partial charge in [0.1, 0.15) is 0 Å². The van der Waals surface area contributed by atoms with E-state index >= 15 is 0 Å². The Morgan fingerprint density at radius 3 is 2.50 bits per heavy atom. The number of hydrogen-bond acceptors (Lipinski definition) is 3. The molecule has 0 saturated carbocycles. The normalized spacial score (nSPS) is 24.5. The van der Waals surface area contributed by atoms with Crippen molar-refractivity contribution in [3.63, 3.8) is 0 Å². The van der Waals surface area contributed by atoms with Gasteiger partial charge in [-0.05, 0) is 19.1 Å². The lowest BCUT2D eigenvalue weighted by molar-refractivity contribution is 0.281. The molecule has 0 bridgehead atoms. The summed E-state index contributed by atoms with van der Waals surface area (Å²) < 4.78 is 2.41. The monoisotopic (exact) mass is 190 g/mol. The molecule has 3 heteroatoms. The first-order chi connectivity index (χ1) is 5.88. The van der Waals surface area contributed by atoms with Gasteiger partial charge < -0.3 is 5.73 Å². The average Bonchev–Trinajstić information content (AvgIpc) is 2.20. The Morgan fingerprint density at radius 1 is 1.42 bits per heavy atom. The molecule has 12 heavy (non-hydrogen) atoms. The van der Waals surface area contributed by atoms with Gasteiger partial charge in [0.05, 0.1) is 0 Å². The van der Waals surface area contributed by atoms with Gasteiger partial charge >= 0.3 is 0 Å². The summed E-state index contributed by atoms with van der Waals surface area (Å²) >= 11 is 1.83. The van der Waals surface area contributed by atoms with Crippen molar-refractivity contribution in [3.05, 3.63) is 0 Å². The van der Waals surface area contributed by atoms with Crippen LogP contribution < -0.4 is 5.73 Å². The quantitative estimate of drug-likeness (QED) is 0.676. The molecule has 2 N–H and O–H groups in total. The van der Waals surface area contributed by atoms with Crippen LogP contribution >= 0.6 is 11.9 Å². The fourth-order valence-corrected chi connectivity index (χ4v) is 2.25. The van der Waals surface area contributed by atoms with Crippen LogP contribution in [0, 0.1) is 0 Å². The maximum Gasteiger partial charge on any atom is 0.0325 e. The van der Waals surface area contributed by atoms with Crippen LogP contribution in [0.15, 0.2) is 0 Å². The van der Waals surface area contributed by atoms with Crippen molar-refractivity contribution in [1.29, 1.82) is 0 Å². The Morgan fingerprint density at radius 2 is 2.08 bits per heavy atom. The van der Waals surface area contributed by atoms with E-state index < -0.39 is 0 Å². The van der Waals surface area contributed by atoms with E-state index in [9.17, 15) is 0 Å². The predicted molar refractivity (Wildman–Crippen MR) is 58.3 cm³/mol. The summed E-state index contributed by atoms with van der Waals surface area (Å²) in [5, 5.41) is 0. The Bertz CT molecular complexity index is 86.5. The van der Waals surface area contributed by atoms with Crippen LogP contribution in [0.25, 0.3) is 0 Å². The number of hydrogen-bond donors (Lipinski definition) is 1. The van der Waals surface area contributed by atoms with Crippen molar-refractivity contribution < 1.29 is 0 Å². The van der Waals surface area contributed by atoms with Gasteiger partial charge in [0.2, 0.25) is 0 Å². The minimum absolute atomic E-state index is 0.642. The highest BCUT2D eigenvalue weighted by molar-refractivity contribution is 7.96. The van der Waals surface area contributed by atoms with Crippen molar-refractivity contribution in [2.24, 2.45) is 5.73 Å². The molecule has 2 nitrogen and oxygen atoms in total. The molecule has 0 aromatic carbocycles. The Labute approximate surface area is 81.0 Å². The molecule has 0 amide bonds. The standard InChI is InChI=1S/C7H16N2S.C2H6/c1-10-9-5-3-2-4-7(9)6-8;1-2/h7H,2-6,8H2,1H3;1-2H3. The van der Waals surface area contributed by atoms with Gasteiger partial charge in [-0.3, -0.25) is 0 Å². The second-order valence-corrected chi connectivity index (χ2v) is 3.54. The molecule has 1 saturated heterocycles. The Hall–Kier alpha value is 0.270. The maximum atomic E-state index is 5.61. The van der Waals surface area contributed by atoms with Crippen molar-refractivity contribution in [1.82, 2.24) is 4.31 Å². The summed E-state index contributed by atoms with van der Waals surface area (Å²) in [5.74, 6) is 0. The highest BCUT2D eigenvalue weighted by atomic mass is 32.2. The van der Waals surface area contributed by atoms with E-state index in [2.05, 4.69) is 10.6 Å². The highest BCUT2D eigenvalue weighted by Gasteiger charge is 2.19. The summed E-state index contributed by atoms with van der Waals surface area (Å²) in [6.45, 7) is 6.05. The first-order valence-electron chi connectivity index (χ1n) is 4.89. The van der Waals surface area contributed by atoms with E-state index in [1.165, 1.54) is 25.8 Å². The maximum absolute atomic E-state index is 5.61. The zero-order valence-electron chi connectivity index (χ0n) is 8.55. The third-order valence-electron chi connectivity index (χ3n) is 2.08. The first kappa shape index (κ1) is 12.3. The molecule has 1 fully saturated rings. The number of rotatable bonds is 2. The summed E-state index contributed by atoms with van der Waals surface area (Å²) in [6, 6.07) is 0.642. The van der Waals surface area contributed by atoms with Gasteiger partial charge in [0.15, 0.2) is 0 Å². The lowest BCUT2D eigenvalue weighted by Gasteiger charge is -2.32. The van der Waals surface area contributed by atoms with Crippen LogP contribution in [-0.4, -0.2) is 29.7 Å². The fourth-order valence-electron chi connectivity index (χ4n) is 1.45. The topological polar surface area (TPSA) is 29.3 Å². The third kappa shape index (κ3) is 3.78. The molecule has 0 aromatic rings. The van der Waals surface area contributed by atoms with E-state index in [1.54, 1.807) is 0 Å². The fraction of sp³-hybridized carbons (Fsp3) is 1.00. The molecule has 1 aliphatic rings. The molecule has 1 atom stereocenters. The molecular formula is C9H22N2S. The van der Waals surface area contributed by atoms with Gasteiger partial charge in [-0.15, -0.1) is 0 Å². The molecule has 0 aliphatic carbocycles. The van der Waals surface area contributed by atoms with Crippen LogP contribution in [0.1, 0.15) is 33.1 Å². The summed E-state index contributed by atoms with van der Waals surface area (Å²) in [4.78, 5) is 0. The van der Waals surface area contributed by atoms with Crippen LogP contribution in [0.2, 0.25) is 0 Å². The van der Waals surface area contributed by atoms with Crippen LogP contribution in [0.3, 0.4) is 0 Å². The second kappa shape index (κ2) is 7.90.